The Morgan fingerprint density at radius 1 is 0.437 bits per heavy atom. The number of hydrogen-bond acceptors (Lipinski definition) is 7. The molecule has 0 aliphatic rings. The number of nitrogens with zero attached hydrogens (tertiary/aromatic N) is 1. The molecule has 0 bridgehead atoms. The minimum absolute atomic E-state index is 0.0260. The highest BCUT2D eigenvalue weighted by atomic mass is 31.2. The van der Waals surface area contributed by atoms with Crippen molar-refractivity contribution in [1.29, 1.82) is 0 Å². The van der Waals surface area contributed by atoms with E-state index in [0.717, 1.165) is 51.4 Å². The zero-order valence-corrected chi connectivity index (χ0v) is 48.8. The van der Waals surface area contributed by atoms with Crippen LogP contribution in [0.4, 0.5) is 0 Å². The van der Waals surface area contributed by atoms with Crippen molar-refractivity contribution in [3.63, 3.8) is 0 Å². The number of esters is 1. The molecule has 2 unspecified atom stereocenters. The van der Waals surface area contributed by atoms with Gasteiger partial charge in [-0.1, -0.05) is 275 Å². The van der Waals surface area contributed by atoms with Crippen molar-refractivity contribution in [1.82, 2.24) is 0 Å². The Bertz CT molecular complexity index is 1230. The highest BCUT2D eigenvalue weighted by molar-refractivity contribution is 7.45. The van der Waals surface area contributed by atoms with Gasteiger partial charge in [0.15, 0.2) is 0 Å². The number of likely N-dealkylation sites (N-methyl/N-ethyl adjacent to an activating group) is 1. The van der Waals surface area contributed by atoms with Gasteiger partial charge in [0.1, 0.15) is 19.3 Å². The van der Waals surface area contributed by atoms with Gasteiger partial charge in [0.2, 0.25) is 0 Å². The number of carbonyl (C=O) groups excluding carboxylic acids is 1. The van der Waals surface area contributed by atoms with Gasteiger partial charge < -0.3 is 27.9 Å². The predicted molar refractivity (Wildman–Crippen MR) is 305 cm³/mol. The molecular formula is C62H120NO7P. The normalized spacial score (nSPS) is 13.6. The van der Waals surface area contributed by atoms with E-state index in [9.17, 15) is 14.3 Å². The second kappa shape index (κ2) is 55.0. The van der Waals surface area contributed by atoms with Crippen LogP contribution in [0.5, 0.6) is 0 Å². The first-order chi connectivity index (χ1) is 34.6. The summed E-state index contributed by atoms with van der Waals surface area (Å²) in [7, 11) is 1.36. The molecular weight excluding hydrogens is 902 g/mol. The number of phosphoric acid groups is 1. The van der Waals surface area contributed by atoms with Crippen LogP contribution in [0.1, 0.15) is 296 Å². The quantitative estimate of drug-likeness (QED) is 0.0197. The molecule has 0 fully saturated rings. The average molecular weight is 1020 g/mol. The van der Waals surface area contributed by atoms with Crippen molar-refractivity contribution >= 4 is 13.8 Å². The minimum atomic E-state index is -4.54. The van der Waals surface area contributed by atoms with Crippen LogP contribution >= 0.6 is 7.82 Å². The number of unbranched alkanes of at least 4 members (excludes halogenated alkanes) is 38. The molecule has 0 N–H and O–H groups in total. The molecule has 0 saturated carbocycles. The fraction of sp³-hybridized carbons (Fsp3) is 0.887. The van der Waals surface area contributed by atoms with Crippen LogP contribution in [-0.4, -0.2) is 70.7 Å². The molecule has 0 rings (SSSR count). The maximum absolute atomic E-state index is 12.8. The zero-order chi connectivity index (χ0) is 51.9. The average Bonchev–Trinajstić information content (AvgIpc) is 3.33. The molecule has 71 heavy (non-hydrogen) atoms. The van der Waals surface area contributed by atoms with E-state index in [1.54, 1.807) is 0 Å². The molecule has 420 valence electrons. The van der Waals surface area contributed by atoms with Gasteiger partial charge in [-0.2, -0.15) is 0 Å². The lowest BCUT2D eigenvalue weighted by Gasteiger charge is -2.28. The third-order valence-corrected chi connectivity index (χ3v) is 14.7. The van der Waals surface area contributed by atoms with Gasteiger partial charge in [-0.15, -0.1) is 0 Å². The van der Waals surface area contributed by atoms with Gasteiger partial charge >= 0.3 is 5.97 Å². The van der Waals surface area contributed by atoms with Crippen molar-refractivity contribution in [2.45, 2.75) is 302 Å². The first-order valence-electron chi connectivity index (χ1n) is 30.7. The number of phosphoric ester groups is 1. The van der Waals surface area contributed by atoms with Crippen LogP contribution in [0.2, 0.25) is 0 Å². The Morgan fingerprint density at radius 3 is 1.15 bits per heavy atom. The Hall–Kier alpha value is -1.28. The Kier molecular flexibility index (Phi) is 54.0. The first-order valence-corrected chi connectivity index (χ1v) is 32.2. The van der Waals surface area contributed by atoms with Gasteiger partial charge in [-0.05, 0) is 51.4 Å². The molecule has 0 aromatic rings. The van der Waals surface area contributed by atoms with Crippen LogP contribution < -0.4 is 4.89 Å². The van der Waals surface area contributed by atoms with E-state index in [2.05, 4.69) is 50.3 Å². The van der Waals surface area contributed by atoms with Crippen LogP contribution in [0.25, 0.3) is 0 Å². The molecule has 9 heteroatoms. The van der Waals surface area contributed by atoms with Gasteiger partial charge in [0.25, 0.3) is 7.82 Å². The maximum atomic E-state index is 12.8. The highest BCUT2D eigenvalue weighted by Gasteiger charge is 2.20. The topological polar surface area (TPSA) is 94.1 Å². The van der Waals surface area contributed by atoms with Crippen LogP contribution in [0.15, 0.2) is 36.5 Å². The van der Waals surface area contributed by atoms with Crippen LogP contribution in [0, 0.1) is 0 Å². The minimum Gasteiger partial charge on any atom is -0.756 e. The number of hydrogen-bond donors (Lipinski definition) is 0. The molecule has 0 aliphatic carbocycles. The van der Waals surface area contributed by atoms with Gasteiger partial charge in [-0.3, -0.25) is 9.36 Å². The summed E-state index contributed by atoms with van der Waals surface area (Å²) in [6, 6.07) is 0. The van der Waals surface area contributed by atoms with Crippen molar-refractivity contribution in [2.75, 3.05) is 54.1 Å². The highest BCUT2D eigenvalue weighted by Crippen LogP contribution is 2.38. The van der Waals surface area contributed by atoms with Crippen molar-refractivity contribution in [3.05, 3.63) is 36.5 Å². The molecule has 0 aromatic heterocycles. The van der Waals surface area contributed by atoms with E-state index in [0.29, 0.717) is 24.1 Å². The van der Waals surface area contributed by atoms with Gasteiger partial charge in [0, 0.05) is 13.0 Å². The van der Waals surface area contributed by atoms with E-state index in [1.165, 1.54) is 225 Å². The van der Waals surface area contributed by atoms with Crippen molar-refractivity contribution in [3.8, 4) is 0 Å². The number of ether oxygens (including phenoxy) is 2. The smallest absolute Gasteiger partial charge is 0.306 e. The summed E-state index contributed by atoms with van der Waals surface area (Å²) in [5.74, 6) is -0.335. The number of rotatable bonds is 58. The van der Waals surface area contributed by atoms with E-state index in [4.69, 9.17) is 18.5 Å². The zero-order valence-electron chi connectivity index (χ0n) is 47.9. The van der Waals surface area contributed by atoms with Gasteiger partial charge in [0.05, 0.1) is 34.4 Å². The lowest BCUT2D eigenvalue weighted by molar-refractivity contribution is -0.870. The molecule has 0 radical (unpaired) electrons. The number of carbonyl (C=O) groups is 1. The summed E-state index contributed by atoms with van der Waals surface area (Å²) in [5, 5.41) is 0. The molecule has 8 nitrogen and oxygen atoms in total. The number of allylic oxidation sites excluding steroid dienone is 6. The first kappa shape index (κ1) is 69.7. The molecule has 0 aliphatic heterocycles. The summed E-state index contributed by atoms with van der Waals surface area (Å²) >= 11 is 0. The Morgan fingerprint density at radius 2 is 0.775 bits per heavy atom. The monoisotopic (exact) mass is 1020 g/mol. The van der Waals surface area contributed by atoms with E-state index >= 15 is 0 Å². The summed E-state index contributed by atoms with van der Waals surface area (Å²) in [5.41, 5.74) is 0. The van der Waals surface area contributed by atoms with Crippen LogP contribution in [0.3, 0.4) is 0 Å². The SMILES string of the molecule is CCCCCCC/C=C\C/C=C\C/C=C\CCCCCCCCCCC(=O)OC(COCCCCCCCCCCCCCCCCCCCCCCCCCCCC)COP(=O)([O-])OCC[N+](C)(C)C. The summed E-state index contributed by atoms with van der Waals surface area (Å²) < 4.78 is 34.9. The van der Waals surface area contributed by atoms with Crippen molar-refractivity contribution in [2.24, 2.45) is 0 Å². The summed E-state index contributed by atoms with van der Waals surface area (Å²) in [6.45, 7) is 5.46. The summed E-state index contributed by atoms with van der Waals surface area (Å²) in [6.07, 6.45) is 69.1. The lowest BCUT2D eigenvalue weighted by atomic mass is 10.0. The second-order valence-corrected chi connectivity index (χ2v) is 23.5. The summed E-state index contributed by atoms with van der Waals surface area (Å²) in [4.78, 5) is 25.3. The second-order valence-electron chi connectivity index (χ2n) is 22.1. The maximum Gasteiger partial charge on any atom is 0.306 e. The number of quaternary nitrogens is 1. The van der Waals surface area contributed by atoms with E-state index < -0.39 is 13.9 Å². The fourth-order valence-corrected chi connectivity index (χ4v) is 9.70. The third kappa shape index (κ3) is 59.5. The Labute approximate surface area is 442 Å². The molecule has 2 atom stereocenters. The standard InChI is InChI=1S/C62H120NO7P/c1-6-8-10-12-14-16-18-20-22-24-26-28-30-31-32-34-36-38-40-42-44-46-48-50-52-54-57-67-59-61(60-69-71(65,66)68-58-56-63(3,4)5)70-62(64)55-53-51-49-47-45-43-41-39-37-35-33-29-27-25-23-21-19-17-15-13-11-9-7-2/h19,21,25,27,33,35,61H,6-18,20,22-24,26,28-32,34,36-60H2,1-5H3/b21-19-,27-25-,35-33-. The third-order valence-electron chi connectivity index (χ3n) is 13.7. The van der Waals surface area contributed by atoms with Crippen LogP contribution in [-0.2, 0) is 27.9 Å². The molecule has 0 aromatic carbocycles. The van der Waals surface area contributed by atoms with E-state index in [1.807, 2.05) is 21.1 Å². The predicted octanol–water partition coefficient (Wildman–Crippen LogP) is 19.0. The molecule has 0 spiro atoms. The van der Waals surface area contributed by atoms with Crippen molar-refractivity contribution < 1.29 is 37.3 Å². The molecule has 0 amide bonds. The Balaban J connectivity index is 4.02. The molecule has 0 heterocycles. The largest absolute Gasteiger partial charge is 0.756 e. The van der Waals surface area contributed by atoms with E-state index in [-0.39, 0.29) is 25.8 Å². The van der Waals surface area contributed by atoms with Gasteiger partial charge in [-0.25, -0.2) is 0 Å². The lowest BCUT2D eigenvalue weighted by Crippen LogP contribution is -2.37. The fourth-order valence-electron chi connectivity index (χ4n) is 8.97. The molecule has 0 saturated heterocycles.